The number of H-pyrrole nitrogens is 1. The van der Waals surface area contributed by atoms with Crippen LogP contribution >= 0.6 is 11.6 Å². The van der Waals surface area contributed by atoms with Crippen LogP contribution in [0.4, 0.5) is 0 Å². The fourth-order valence-electron chi connectivity index (χ4n) is 3.32. The monoisotopic (exact) mass is 292 g/mol. The Balaban J connectivity index is 1.60. The number of benzene rings is 1. The molecule has 1 aromatic carbocycles. The van der Waals surface area contributed by atoms with Gasteiger partial charge in [-0.2, -0.15) is 0 Å². The summed E-state index contributed by atoms with van der Waals surface area (Å²) in [4.78, 5) is 3.26. The fourth-order valence-corrected chi connectivity index (χ4v) is 3.49. The molecule has 1 heterocycles. The number of aromatic nitrogens is 1. The van der Waals surface area contributed by atoms with Gasteiger partial charge in [0.1, 0.15) is 0 Å². The summed E-state index contributed by atoms with van der Waals surface area (Å²) in [5.41, 5.74) is 2.36. The van der Waals surface area contributed by atoms with Crippen molar-refractivity contribution in [2.24, 2.45) is 11.8 Å². The summed E-state index contributed by atoms with van der Waals surface area (Å²) >= 11 is 5.99. The van der Waals surface area contributed by atoms with E-state index < -0.39 is 0 Å². The molecule has 2 atom stereocenters. The third kappa shape index (κ3) is 2.85. The smallest absolute Gasteiger partial charge is 0.0472 e. The molecule has 20 heavy (non-hydrogen) atoms. The van der Waals surface area contributed by atoms with Gasteiger partial charge in [0.05, 0.1) is 0 Å². The number of rotatable bonds is 5. The zero-order valence-electron chi connectivity index (χ0n) is 11.5. The maximum atomic E-state index is 9.34. The van der Waals surface area contributed by atoms with Crippen LogP contribution in [0.1, 0.15) is 24.8 Å². The van der Waals surface area contributed by atoms with Crippen molar-refractivity contribution in [3.05, 3.63) is 35.0 Å². The van der Waals surface area contributed by atoms with E-state index in [0.29, 0.717) is 18.4 Å². The van der Waals surface area contributed by atoms with Gasteiger partial charge < -0.3 is 15.4 Å². The number of fused-ring (bicyclic) bond motifs is 1. The highest BCUT2D eigenvalue weighted by atomic mass is 35.5. The van der Waals surface area contributed by atoms with Crippen LogP contribution in [0.5, 0.6) is 0 Å². The molecule has 4 heteroatoms. The minimum atomic E-state index is 0.331. The second-order valence-corrected chi connectivity index (χ2v) is 6.20. The first-order valence-electron chi connectivity index (χ1n) is 7.35. The van der Waals surface area contributed by atoms with Crippen LogP contribution in [0.15, 0.2) is 24.4 Å². The first kappa shape index (κ1) is 13.9. The van der Waals surface area contributed by atoms with Crippen molar-refractivity contribution in [1.82, 2.24) is 10.3 Å². The van der Waals surface area contributed by atoms with Gasteiger partial charge in [0.2, 0.25) is 0 Å². The predicted molar refractivity (Wildman–Crippen MR) is 82.9 cm³/mol. The number of halogens is 1. The third-order valence-electron chi connectivity index (χ3n) is 4.50. The van der Waals surface area contributed by atoms with E-state index in [1.54, 1.807) is 0 Å². The lowest BCUT2D eigenvalue weighted by atomic mass is 9.97. The summed E-state index contributed by atoms with van der Waals surface area (Å²) < 4.78 is 0. The molecule has 1 aromatic heterocycles. The molecule has 1 saturated carbocycles. The van der Waals surface area contributed by atoms with Crippen LogP contribution in [-0.4, -0.2) is 23.2 Å². The average Bonchev–Trinajstić information content (AvgIpc) is 3.05. The van der Waals surface area contributed by atoms with Gasteiger partial charge in [-0.3, -0.25) is 0 Å². The summed E-state index contributed by atoms with van der Waals surface area (Å²) in [5.74, 6) is 1.11. The minimum Gasteiger partial charge on any atom is -0.396 e. The molecule has 108 valence electrons. The molecular weight excluding hydrogens is 272 g/mol. The Morgan fingerprint density at radius 1 is 1.30 bits per heavy atom. The van der Waals surface area contributed by atoms with E-state index in [4.69, 9.17) is 11.6 Å². The molecule has 0 amide bonds. The third-order valence-corrected chi connectivity index (χ3v) is 4.74. The lowest BCUT2D eigenvalue weighted by Gasteiger charge is -2.17. The Morgan fingerprint density at radius 2 is 2.15 bits per heavy atom. The van der Waals surface area contributed by atoms with Crippen LogP contribution in [0, 0.1) is 11.8 Å². The Morgan fingerprint density at radius 3 is 3.00 bits per heavy atom. The first-order chi connectivity index (χ1) is 9.78. The van der Waals surface area contributed by atoms with Crippen molar-refractivity contribution in [2.75, 3.05) is 13.2 Å². The van der Waals surface area contributed by atoms with Gasteiger partial charge in [-0.25, -0.2) is 0 Å². The zero-order chi connectivity index (χ0) is 13.9. The molecule has 0 spiro atoms. The van der Waals surface area contributed by atoms with Crippen molar-refractivity contribution in [1.29, 1.82) is 0 Å². The van der Waals surface area contributed by atoms with Crippen LogP contribution in [0.2, 0.25) is 5.02 Å². The lowest BCUT2D eigenvalue weighted by molar-refractivity contribution is 0.192. The molecule has 0 bridgehead atoms. The molecule has 3 rings (SSSR count). The first-order valence-corrected chi connectivity index (χ1v) is 7.73. The molecule has 3 nitrogen and oxygen atoms in total. The maximum absolute atomic E-state index is 9.34. The molecule has 0 saturated heterocycles. The highest BCUT2D eigenvalue weighted by molar-refractivity contribution is 6.31. The van der Waals surface area contributed by atoms with E-state index in [0.717, 1.165) is 23.6 Å². The van der Waals surface area contributed by atoms with Crippen molar-refractivity contribution in [3.63, 3.8) is 0 Å². The van der Waals surface area contributed by atoms with Gasteiger partial charge >= 0.3 is 0 Å². The molecule has 1 fully saturated rings. The topological polar surface area (TPSA) is 48.0 Å². The number of aromatic amines is 1. The standard InChI is InChI=1S/C16H21ClN2O/c17-14-4-5-15-13(9-19-16(15)6-14)8-18-7-11-2-1-3-12(11)10-20/h4-6,9,11-12,18-20H,1-3,7-8,10H2. The lowest BCUT2D eigenvalue weighted by Crippen LogP contribution is -2.26. The molecule has 1 aliphatic carbocycles. The second kappa shape index (κ2) is 6.17. The van der Waals surface area contributed by atoms with Crippen molar-refractivity contribution in [2.45, 2.75) is 25.8 Å². The van der Waals surface area contributed by atoms with E-state index in [-0.39, 0.29) is 0 Å². The summed E-state index contributed by atoms with van der Waals surface area (Å²) in [7, 11) is 0. The van der Waals surface area contributed by atoms with E-state index in [2.05, 4.69) is 16.4 Å². The molecule has 0 radical (unpaired) electrons. The zero-order valence-corrected chi connectivity index (χ0v) is 12.3. The van der Waals surface area contributed by atoms with Crippen LogP contribution < -0.4 is 5.32 Å². The van der Waals surface area contributed by atoms with Gasteiger partial charge in [0.15, 0.2) is 0 Å². The Kier molecular flexibility index (Phi) is 4.29. The fraction of sp³-hybridized carbons (Fsp3) is 0.500. The van der Waals surface area contributed by atoms with Crippen molar-refractivity contribution in [3.8, 4) is 0 Å². The number of nitrogens with one attached hydrogen (secondary N) is 2. The number of hydrogen-bond acceptors (Lipinski definition) is 2. The molecular formula is C16H21ClN2O. The van der Waals surface area contributed by atoms with E-state index in [1.165, 1.54) is 30.2 Å². The Labute approximate surface area is 124 Å². The molecule has 1 aliphatic rings. The minimum absolute atomic E-state index is 0.331. The van der Waals surface area contributed by atoms with Crippen molar-refractivity contribution < 1.29 is 5.11 Å². The molecule has 3 N–H and O–H groups in total. The van der Waals surface area contributed by atoms with E-state index >= 15 is 0 Å². The van der Waals surface area contributed by atoms with Gasteiger partial charge in [0, 0.05) is 35.3 Å². The maximum Gasteiger partial charge on any atom is 0.0472 e. The molecule has 0 aliphatic heterocycles. The highest BCUT2D eigenvalue weighted by Gasteiger charge is 2.25. The quantitative estimate of drug-likeness (QED) is 0.792. The number of aliphatic hydroxyl groups excluding tert-OH is 1. The predicted octanol–water partition coefficient (Wildman–Crippen LogP) is 3.32. The van der Waals surface area contributed by atoms with Crippen LogP contribution in [0.3, 0.4) is 0 Å². The summed E-state index contributed by atoms with van der Waals surface area (Å²) in [6, 6.07) is 5.95. The summed E-state index contributed by atoms with van der Waals surface area (Å²) in [5, 5.41) is 14.9. The Hall–Kier alpha value is -1.03. The van der Waals surface area contributed by atoms with E-state index in [1.807, 2.05) is 18.3 Å². The highest BCUT2D eigenvalue weighted by Crippen LogP contribution is 2.30. The summed E-state index contributed by atoms with van der Waals surface area (Å²) in [6.45, 7) is 2.18. The van der Waals surface area contributed by atoms with Crippen LogP contribution in [0.25, 0.3) is 10.9 Å². The van der Waals surface area contributed by atoms with E-state index in [9.17, 15) is 5.11 Å². The van der Waals surface area contributed by atoms with Crippen LogP contribution in [-0.2, 0) is 6.54 Å². The average molecular weight is 293 g/mol. The summed E-state index contributed by atoms with van der Waals surface area (Å²) in [6.07, 6.45) is 5.71. The second-order valence-electron chi connectivity index (χ2n) is 5.77. The van der Waals surface area contributed by atoms with Gasteiger partial charge in [-0.1, -0.05) is 24.1 Å². The number of hydrogen-bond donors (Lipinski definition) is 3. The van der Waals surface area contributed by atoms with Crippen molar-refractivity contribution >= 4 is 22.5 Å². The molecule has 2 aromatic rings. The largest absolute Gasteiger partial charge is 0.396 e. The Bertz CT molecular complexity index is 581. The molecule has 2 unspecified atom stereocenters. The SMILES string of the molecule is OCC1CCCC1CNCc1c[nH]c2cc(Cl)ccc12. The normalized spacial score (nSPS) is 22.7. The van der Waals surface area contributed by atoms with Gasteiger partial charge in [-0.15, -0.1) is 0 Å². The van der Waals surface area contributed by atoms with Gasteiger partial charge in [-0.05, 0) is 48.9 Å². The van der Waals surface area contributed by atoms with Gasteiger partial charge in [0.25, 0.3) is 0 Å². The number of aliphatic hydroxyl groups is 1.